The van der Waals surface area contributed by atoms with E-state index in [1.165, 1.54) is 0 Å². The molecule has 0 aromatic carbocycles. The van der Waals surface area contributed by atoms with Gasteiger partial charge in [0.1, 0.15) is 5.60 Å². The van der Waals surface area contributed by atoms with Gasteiger partial charge in [-0.25, -0.2) is 9.78 Å². The maximum Gasteiger partial charge on any atom is 0.410 e. The summed E-state index contributed by atoms with van der Waals surface area (Å²) in [5, 5.41) is 3.50. The first-order valence-electron chi connectivity index (χ1n) is 8.36. The molecule has 1 aromatic rings. The first-order valence-corrected chi connectivity index (χ1v) is 8.36. The van der Waals surface area contributed by atoms with Crippen LogP contribution >= 0.6 is 0 Å². The number of aromatic amines is 1. The first-order chi connectivity index (χ1) is 10.7. The molecule has 0 spiro atoms. The summed E-state index contributed by atoms with van der Waals surface area (Å²) in [7, 11) is 0. The number of amides is 1. The number of likely N-dealkylation sites (tertiary alicyclic amines) is 1. The summed E-state index contributed by atoms with van der Waals surface area (Å²) in [6.07, 6.45) is 3.50. The zero-order valence-electron chi connectivity index (χ0n) is 15.0. The molecule has 23 heavy (non-hydrogen) atoms. The maximum atomic E-state index is 12.1. The lowest BCUT2D eigenvalue weighted by atomic mass is 9.80. The quantitative estimate of drug-likeness (QED) is 0.894. The van der Waals surface area contributed by atoms with Crippen molar-refractivity contribution in [3.05, 3.63) is 17.7 Å². The minimum Gasteiger partial charge on any atom is -0.444 e. The van der Waals surface area contributed by atoms with Gasteiger partial charge in [-0.1, -0.05) is 6.92 Å². The predicted octanol–water partition coefficient (Wildman–Crippen LogP) is 2.84. The second kappa shape index (κ2) is 6.91. The van der Waals surface area contributed by atoms with Crippen molar-refractivity contribution in [1.82, 2.24) is 20.2 Å². The van der Waals surface area contributed by atoms with Crippen LogP contribution in [-0.4, -0.2) is 46.2 Å². The number of imidazole rings is 1. The van der Waals surface area contributed by atoms with E-state index < -0.39 is 5.60 Å². The molecule has 1 aliphatic heterocycles. The van der Waals surface area contributed by atoms with E-state index in [1.54, 1.807) is 6.33 Å². The average Bonchev–Trinajstić information content (AvgIpc) is 2.83. The number of carbonyl (C=O) groups excluding carboxylic acids is 1. The van der Waals surface area contributed by atoms with Gasteiger partial charge >= 0.3 is 6.09 Å². The number of hydrogen-bond donors (Lipinski definition) is 2. The van der Waals surface area contributed by atoms with Crippen molar-refractivity contribution in [2.45, 2.75) is 59.6 Å². The highest BCUT2D eigenvalue weighted by atomic mass is 16.6. The van der Waals surface area contributed by atoms with Crippen molar-refractivity contribution >= 4 is 6.09 Å². The van der Waals surface area contributed by atoms with Crippen LogP contribution in [0.15, 0.2) is 6.33 Å². The number of carbonyl (C=O) groups is 1. The average molecular weight is 322 g/mol. The van der Waals surface area contributed by atoms with E-state index in [4.69, 9.17) is 4.74 Å². The van der Waals surface area contributed by atoms with E-state index in [-0.39, 0.29) is 11.5 Å². The fourth-order valence-electron chi connectivity index (χ4n) is 2.78. The summed E-state index contributed by atoms with van der Waals surface area (Å²) in [6.45, 7) is 13.2. The van der Waals surface area contributed by atoms with E-state index in [1.807, 2.05) is 32.6 Å². The number of H-pyrrole nitrogens is 1. The van der Waals surface area contributed by atoms with Gasteiger partial charge in [0.2, 0.25) is 0 Å². The van der Waals surface area contributed by atoms with Crippen LogP contribution < -0.4 is 5.32 Å². The molecule has 1 saturated heterocycles. The van der Waals surface area contributed by atoms with Crippen LogP contribution in [-0.2, 0) is 11.3 Å². The van der Waals surface area contributed by atoms with E-state index in [9.17, 15) is 4.79 Å². The number of aryl methyl sites for hydroxylation is 1. The van der Waals surface area contributed by atoms with Gasteiger partial charge in [-0.3, -0.25) is 0 Å². The minimum atomic E-state index is -0.430. The number of nitrogens with one attached hydrogen (secondary N) is 2. The monoisotopic (exact) mass is 322 g/mol. The summed E-state index contributed by atoms with van der Waals surface area (Å²) in [4.78, 5) is 21.3. The maximum absolute atomic E-state index is 12.1. The topological polar surface area (TPSA) is 70.2 Å². The summed E-state index contributed by atoms with van der Waals surface area (Å²) in [5.74, 6) is 0. The van der Waals surface area contributed by atoms with Gasteiger partial charge in [-0.05, 0) is 46.0 Å². The van der Waals surface area contributed by atoms with Crippen LogP contribution in [0.4, 0.5) is 4.79 Å². The molecule has 1 aromatic heterocycles. The third kappa shape index (κ3) is 5.23. The molecule has 2 heterocycles. The van der Waals surface area contributed by atoms with Crippen molar-refractivity contribution in [2.24, 2.45) is 5.41 Å². The van der Waals surface area contributed by atoms with Crippen LogP contribution in [0.5, 0.6) is 0 Å². The lowest BCUT2D eigenvalue weighted by molar-refractivity contribution is 0.0119. The number of nitrogens with zero attached hydrogens (tertiary/aromatic N) is 2. The molecule has 0 unspecified atom stereocenters. The second-order valence-corrected chi connectivity index (χ2v) is 7.86. The molecular weight excluding hydrogens is 292 g/mol. The molecule has 1 aliphatic rings. The highest BCUT2D eigenvalue weighted by Crippen LogP contribution is 2.30. The fraction of sp³-hybridized carbons (Fsp3) is 0.765. The van der Waals surface area contributed by atoms with Crippen molar-refractivity contribution in [3.63, 3.8) is 0 Å². The lowest BCUT2D eigenvalue weighted by Gasteiger charge is -2.39. The molecule has 1 fully saturated rings. The second-order valence-electron chi connectivity index (χ2n) is 7.86. The largest absolute Gasteiger partial charge is 0.444 e. The third-order valence-corrected chi connectivity index (χ3v) is 4.40. The van der Waals surface area contributed by atoms with Crippen LogP contribution in [0.3, 0.4) is 0 Å². The number of hydrogen-bond acceptors (Lipinski definition) is 4. The first kappa shape index (κ1) is 17.8. The Balaban J connectivity index is 1.76. The van der Waals surface area contributed by atoms with Gasteiger partial charge in [0.05, 0.1) is 12.0 Å². The van der Waals surface area contributed by atoms with E-state index in [2.05, 4.69) is 22.2 Å². The SMILES string of the molecule is Cc1[nH]cnc1CNCC1(C)CCN(C(=O)OC(C)(C)C)CC1. The Hall–Kier alpha value is -1.56. The molecule has 0 bridgehead atoms. The standard InChI is InChI=1S/C17H30N4O2/c1-13-14(20-12-19-13)10-18-11-17(5)6-8-21(9-7-17)15(22)23-16(2,3)4/h12,18H,6-11H2,1-5H3,(H,19,20). The van der Waals surface area contributed by atoms with E-state index in [0.29, 0.717) is 0 Å². The van der Waals surface area contributed by atoms with E-state index in [0.717, 1.165) is 50.4 Å². The highest BCUT2D eigenvalue weighted by molar-refractivity contribution is 5.68. The van der Waals surface area contributed by atoms with Crippen LogP contribution in [0.25, 0.3) is 0 Å². The summed E-state index contributed by atoms with van der Waals surface area (Å²) >= 11 is 0. The Morgan fingerprint density at radius 1 is 1.43 bits per heavy atom. The van der Waals surface area contributed by atoms with Gasteiger partial charge in [0.25, 0.3) is 0 Å². The molecule has 0 saturated carbocycles. The number of aromatic nitrogens is 2. The molecule has 0 atom stereocenters. The van der Waals surface area contributed by atoms with Gasteiger partial charge in [0.15, 0.2) is 0 Å². The van der Waals surface area contributed by atoms with Crippen molar-refractivity contribution in [1.29, 1.82) is 0 Å². The molecule has 0 aliphatic carbocycles. The number of piperidine rings is 1. The predicted molar refractivity (Wildman–Crippen MR) is 90.2 cm³/mol. The van der Waals surface area contributed by atoms with E-state index >= 15 is 0 Å². The molecule has 6 nitrogen and oxygen atoms in total. The normalized spacial score (nSPS) is 18.0. The molecule has 6 heteroatoms. The molecule has 1 amide bonds. The van der Waals surface area contributed by atoms with Crippen LogP contribution in [0, 0.1) is 12.3 Å². The van der Waals surface area contributed by atoms with Gasteiger partial charge in [-0.15, -0.1) is 0 Å². The number of rotatable bonds is 4. The fourth-order valence-corrected chi connectivity index (χ4v) is 2.78. The molecular formula is C17H30N4O2. The summed E-state index contributed by atoms with van der Waals surface area (Å²) < 4.78 is 5.45. The molecule has 2 N–H and O–H groups in total. The Kier molecular flexibility index (Phi) is 5.34. The zero-order valence-corrected chi connectivity index (χ0v) is 15.0. The van der Waals surface area contributed by atoms with Gasteiger partial charge in [-0.2, -0.15) is 0 Å². The summed E-state index contributed by atoms with van der Waals surface area (Å²) in [6, 6.07) is 0. The van der Waals surface area contributed by atoms with Gasteiger partial charge < -0.3 is 19.9 Å². The van der Waals surface area contributed by atoms with Gasteiger partial charge in [0, 0.05) is 31.9 Å². The highest BCUT2D eigenvalue weighted by Gasteiger charge is 2.33. The minimum absolute atomic E-state index is 0.195. The zero-order chi connectivity index (χ0) is 17.1. The molecule has 2 rings (SSSR count). The van der Waals surface area contributed by atoms with Crippen molar-refractivity contribution in [2.75, 3.05) is 19.6 Å². The molecule has 130 valence electrons. The van der Waals surface area contributed by atoms with Crippen molar-refractivity contribution < 1.29 is 9.53 Å². The van der Waals surface area contributed by atoms with Crippen LogP contribution in [0.2, 0.25) is 0 Å². The Morgan fingerprint density at radius 3 is 2.61 bits per heavy atom. The van der Waals surface area contributed by atoms with Crippen molar-refractivity contribution in [3.8, 4) is 0 Å². The Morgan fingerprint density at radius 2 is 2.09 bits per heavy atom. The summed E-state index contributed by atoms with van der Waals surface area (Å²) in [5.41, 5.74) is 1.96. The van der Waals surface area contributed by atoms with Crippen LogP contribution in [0.1, 0.15) is 51.9 Å². The smallest absolute Gasteiger partial charge is 0.410 e. The number of ether oxygens (including phenoxy) is 1. The molecule has 0 radical (unpaired) electrons. The Labute approximate surface area is 139 Å². The Bertz CT molecular complexity index is 525. The third-order valence-electron chi connectivity index (χ3n) is 4.40. The lowest BCUT2D eigenvalue weighted by Crippen LogP contribution is -2.47.